The predicted molar refractivity (Wildman–Crippen MR) is 64.7 cm³/mol. The first kappa shape index (κ1) is 12.4. The molecule has 2 fully saturated rings. The summed E-state index contributed by atoms with van der Waals surface area (Å²) in [6.45, 7) is 1.85. The zero-order valence-corrected chi connectivity index (χ0v) is 10.4. The van der Waals surface area contributed by atoms with Gasteiger partial charge >= 0.3 is 0 Å². The molecule has 4 nitrogen and oxygen atoms in total. The number of nitrogens with zero attached hydrogens (tertiary/aromatic N) is 2. The Morgan fingerprint density at radius 2 is 1.65 bits per heavy atom. The zero-order valence-electron chi connectivity index (χ0n) is 10.4. The van der Waals surface area contributed by atoms with E-state index >= 15 is 0 Å². The molecule has 0 bridgehead atoms. The van der Waals surface area contributed by atoms with Gasteiger partial charge in [0, 0.05) is 13.1 Å². The minimum absolute atomic E-state index is 0.0680. The van der Waals surface area contributed by atoms with E-state index in [1.807, 2.05) is 5.01 Å². The summed E-state index contributed by atoms with van der Waals surface area (Å²) < 4.78 is 0. The van der Waals surface area contributed by atoms with Crippen LogP contribution < -0.4 is 5.43 Å². The van der Waals surface area contributed by atoms with E-state index in [2.05, 4.69) is 11.5 Å². The van der Waals surface area contributed by atoms with Gasteiger partial charge in [-0.1, -0.05) is 25.7 Å². The third kappa shape index (κ3) is 2.78. The first-order valence-corrected chi connectivity index (χ1v) is 6.74. The molecule has 1 N–H and O–H groups in total. The van der Waals surface area contributed by atoms with Crippen molar-refractivity contribution in [3.05, 3.63) is 0 Å². The van der Waals surface area contributed by atoms with Crippen molar-refractivity contribution < 1.29 is 4.79 Å². The molecule has 0 radical (unpaired) electrons. The molecule has 1 heterocycles. The van der Waals surface area contributed by atoms with Crippen molar-refractivity contribution in [3.8, 4) is 6.07 Å². The highest BCUT2D eigenvalue weighted by atomic mass is 16.2. The number of nitrogens with one attached hydrogen (secondary N) is 1. The maximum absolute atomic E-state index is 12.2. The lowest BCUT2D eigenvalue weighted by atomic mass is 9.74. The lowest BCUT2D eigenvalue weighted by Crippen LogP contribution is -2.51. The van der Waals surface area contributed by atoms with Crippen molar-refractivity contribution in [1.82, 2.24) is 10.4 Å². The number of carbonyl (C=O) groups excluding carboxylic acids is 1. The fourth-order valence-electron chi connectivity index (χ4n) is 2.80. The highest BCUT2D eigenvalue weighted by molar-refractivity contribution is 5.85. The van der Waals surface area contributed by atoms with Crippen LogP contribution in [0.4, 0.5) is 0 Å². The maximum atomic E-state index is 12.2. The van der Waals surface area contributed by atoms with Gasteiger partial charge < -0.3 is 0 Å². The van der Waals surface area contributed by atoms with Crippen molar-refractivity contribution in [1.29, 1.82) is 5.26 Å². The van der Waals surface area contributed by atoms with E-state index in [0.717, 1.165) is 58.0 Å². The minimum atomic E-state index is -0.754. The molecule has 1 saturated heterocycles. The van der Waals surface area contributed by atoms with Gasteiger partial charge in [-0.25, -0.2) is 5.01 Å². The van der Waals surface area contributed by atoms with Crippen molar-refractivity contribution in [3.63, 3.8) is 0 Å². The van der Waals surface area contributed by atoms with Crippen LogP contribution >= 0.6 is 0 Å². The third-order valence-corrected chi connectivity index (χ3v) is 3.97. The number of hydrogen-bond donors (Lipinski definition) is 1. The van der Waals surface area contributed by atoms with Gasteiger partial charge in [-0.15, -0.1) is 0 Å². The monoisotopic (exact) mass is 235 g/mol. The standard InChI is InChI=1S/C13H21N3O/c14-11-13(7-3-1-4-8-13)12(17)15-16-9-5-2-6-10-16/h1-10H2,(H,15,17). The van der Waals surface area contributed by atoms with Crippen LogP contribution in [0, 0.1) is 16.7 Å². The Morgan fingerprint density at radius 3 is 2.24 bits per heavy atom. The number of hydrogen-bond acceptors (Lipinski definition) is 3. The Kier molecular flexibility index (Phi) is 4.01. The molecule has 1 aliphatic carbocycles. The van der Waals surface area contributed by atoms with Crippen molar-refractivity contribution in [2.75, 3.05) is 13.1 Å². The van der Waals surface area contributed by atoms with Crippen LogP contribution in [-0.2, 0) is 4.79 Å². The molecule has 1 saturated carbocycles. The molecule has 1 aliphatic heterocycles. The summed E-state index contributed by atoms with van der Waals surface area (Å²) >= 11 is 0. The number of rotatable bonds is 2. The summed E-state index contributed by atoms with van der Waals surface area (Å²) in [4.78, 5) is 12.2. The third-order valence-electron chi connectivity index (χ3n) is 3.97. The highest BCUT2D eigenvalue weighted by Crippen LogP contribution is 2.35. The topological polar surface area (TPSA) is 56.1 Å². The first-order chi connectivity index (χ1) is 8.27. The van der Waals surface area contributed by atoms with E-state index in [4.69, 9.17) is 0 Å². The molecule has 0 aromatic heterocycles. The second-order valence-electron chi connectivity index (χ2n) is 5.24. The summed E-state index contributed by atoms with van der Waals surface area (Å²) in [5.74, 6) is -0.0680. The average molecular weight is 235 g/mol. The molecule has 4 heteroatoms. The van der Waals surface area contributed by atoms with Crippen LogP contribution in [0.3, 0.4) is 0 Å². The summed E-state index contributed by atoms with van der Waals surface area (Å²) in [6.07, 6.45) is 8.13. The molecule has 0 spiro atoms. The molecule has 2 rings (SSSR count). The van der Waals surface area contributed by atoms with Gasteiger partial charge in [0.2, 0.25) is 0 Å². The normalized spacial score (nSPS) is 24.9. The van der Waals surface area contributed by atoms with Crippen LogP contribution in [0.15, 0.2) is 0 Å². The lowest BCUT2D eigenvalue weighted by Gasteiger charge is -2.33. The number of amides is 1. The van der Waals surface area contributed by atoms with Gasteiger partial charge in [-0.05, 0) is 25.7 Å². The van der Waals surface area contributed by atoms with E-state index in [1.165, 1.54) is 6.42 Å². The predicted octanol–water partition coefficient (Wildman–Crippen LogP) is 1.98. The largest absolute Gasteiger partial charge is 0.288 e. The molecule has 1 amide bonds. The van der Waals surface area contributed by atoms with Crippen LogP contribution in [0.25, 0.3) is 0 Å². The Bertz CT molecular complexity index is 309. The first-order valence-electron chi connectivity index (χ1n) is 6.74. The number of carbonyl (C=O) groups is 1. The SMILES string of the molecule is N#CC1(C(=O)NN2CCCCC2)CCCCC1. The van der Waals surface area contributed by atoms with Crippen LogP contribution in [0.1, 0.15) is 51.4 Å². The Balaban J connectivity index is 1.94. The van der Waals surface area contributed by atoms with Crippen molar-refractivity contribution in [2.24, 2.45) is 5.41 Å². The molecule has 2 aliphatic rings. The van der Waals surface area contributed by atoms with Gasteiger partial charge in [0.05, 0.1) is 6.07 Å². The quantitative estimate of drug-likeness (QED) is 0.796. The van der Waals surface area contributed by atoms with E-state index < -0.39 is 5.41 Å². The van der Waals surface area contributed by atoms with E-state index in [-0.39, 0.29) is 5.91 Å². The van der Waals surface area contributed by atoms with Gasteiger partial charge in [-0.2, -0.15) is 5.26 Å². The molecule has 94 valence electrons. The Morgan fingerprint density at radius 1 is 1.06 bits per heavy atom. The lowest BCUT2D eigenvalue weighted by molar-refractivity contribution is -0.135. The van der Waals surface area contributed by atoms with E-state index in [1.54, 1.807) is 0 Å². The number of nitriles is 1. The van der Waals surface area contributed by atoms with Crippen LogP contribution in [0.5, 0.6) is 0 Å². The molecular weight excluding hydrogens is 214 g/mol. The molecule has 17 heavy (non-hydrogen) atoms. The summed E-state index contributed by atoms with van der Waals surface area (Å²) in [5.41, 5.74) is 2.20. The summed E-state index contributed by atoms with van der Waals surface area (Å²) in [7, 11) is 0. The van der Waals surface area contributed by atoms with E-state index in [0.29, 0.717) is 0 Å². The van der Waals surface area contributed by atoms with Crippen LogP contribution in [0.2, 0.25) is 0 Å². The molecular formula is C13H21N3O. The van der Waals surface area contributed by atoms with Gasteiger partial charge in [0.1, 0.15) is 5.41 Å². The summed E-state index contributed by atoms with van der Waals surface area (Å²) in [5, 5.41) is 11.3. The Hall–Kier alpha value is -1.08. The second-order valence-corrected chi connectivity index (χ2v) is 5.24. The van der Waals surface area contributed by atoms with Crippen molar-refractivity contribution >= 4 is 5.91 Å². The van der Waals surface area contributed by atoms with Gasteiger partial charge in [-0.3, -0.25) is 10.2 Å². The number of piperidine rings is 1. The molecule has 0 unspecified atom stereocenters. The fraction of sp³-hybridized carbons (Fsp3) is 0.846. The summed E-state index contributed by atoms with van der Waals surface area (Å²) in [6, 6.07) is 2.27. The minimum Gasteiger partial charge on any atom is -0.288 e. The molecule has 0 aromatic rings. The van der Waals surface area contributed by atoms with Crippen LogP contribution in [-0.4, -0.2) is 24.0 Å². The van der Waals surface area contributed by atoms with Gasteiger partial charge in [0.15, 0.2) is 0 Å². The maximum Gasteiger partial charge on any atom is 0.254 e. The Labute approximate surface area is 103 Å². The smallest absolute Gasteiger partial charge is 0.254 e. The highest BCUT2D eigenvalue weighted by Gasteiger charge is 2.40. The van der Waals surface area contributed by atoms with Gasteiger partial charge in [0.25, 0.3) is 5.91 Å². The van der Waals surface area contributed by atoms with Crippen molar-refractivity contribution in [2.45, 2.75) is 51.4 Å². The average Bonchev–Trinajstić information content (AvgIpc) is 2.40. The molecule has 0 aromatic carbocycles. The zero-order chi connectivity index (χ0) is 12.1. The number of hydrazine groups is 1. The second kappa shape index (κ2) is 5.50. The fourth-order valence-corrected chi connectivity index (χ4v) is 2.80. The van der Waals surface area contributed by atoms with E-state index in [9.17, 15) is 10.1 Å². The molecule has 0 atom stereocenters.